The van der Waals surface area contributed by atoms with Crippen molar-refractivity contribution in [3.63, 3.8) is 0 Å². The van der Waals surface area contributed by atoms with Crippen molar-refractivity contribution < 1.29 is 0 Å². The van der Waals surface area contributed by atoms with Crippen molar-refractivity contribution in [3.8, 4) is 11.1 Å². The lowest BCUT2D eigenvalue weighted by Gasteiger charge is -2.25. The maximum atomic E-state index is 12.3. The summed E-state index contributed by atoms with van der Waals surface area (Å²) in [6.45, 7) is 7.98. The molecule has 3 N–H and O–H groups in total. The van der Waals surface area contributed by atoms with E-state index in [1.807, 2.05) is 31.6 Å². The summed E-state index contributed by atoms with van der Waals surface area (Å²) in [5, 5.41) is 7.90. The first-order valence-corrected chi connectivity index (χ1v) is 9.46. The number of aromatic nitrogens is 3. The summed E-state index contributed by atoms with van der Waals surface area (Å²) in [6.07, 6.45) is 7.73. The number of rotatable bonds is 3. The molecule has 27 heavy (non-hydrogen) atoms. The van der Waals surface area contributed by atoms with Crippen LogP contribution < -0.4 is 16.2 Å². The SMILES string of the molecule is Cc1cncc(-c2cnc(NC3CCNCC3)c3[nH]c(=O)c(C)cc23)c1C. The van der Waals surface area contributed by atoms with Crippen LogP contribution in [0.4, 0.5) is 5.82 Å². The Hall–Kier alpha value is -2.73. The molecule has 3 aromatic rings. The van der Waals surface area contributed by atoms with Gasteiger partial charge in [-0.2, -0.15) is 0 Å². The molecule has 0 saturated carbocycles. The Labute approximate surface area is 158 Å². The van der Waals surface area contributed by atoms with Crippen LogP contribution in [0.1, 0.15) is 29.5 Å². The van der Waals surface area contributed by atoms with Gasteiger partial charge in [0.15, 0.2) is 5.82 Å². The van der Waals surface area contributed by atoms with Crippen molar-refractivity contribution >= 4 is 16.7 Å². The molecule has 1 fully saturated rings. The summed E-state index contributed by atoms with van der Waals surface area (Å²) in [5.41, 5.74) is 5.74. The maximum Gasteiger partial charge on any atom is 0.251 e. The first-order chi connectivity index (χ1) is 13.0. The second-order valence-corrected chi connectivity index (χ2v) is 7.39. The largest absolute Gasteiger partial charge is 0.366 e. The molecule has 1 aliphatic heterocycles. The van der Waals surface area contributed by atoms with Crippen LogP contribution in [0.5, 0.6) is 0 Å². The summed E-state index contributed by atoms with van der Waals surface area (Å²) in [5.74, 6) is 0.746. The van der Waals surface area contributed by atoms with Gasteiger partial charge in [-0.05, 0) is 63.9 Å². The molecule has 0 unspecified atom stereocenters. The van der Waals surface area contributed by atoms with E-state index < -0.39 is 0 Å². The fraction of sp³-hybridized carbons (Fsp3) is 0.381. The minimum atomic E-state index is -0.0751. The lowest BCUT2D eigenvalue weighted by molar-refractivity contribution is 0.478. The summed E-state index contributed by atoms with van der Waals surface area (Å²) in [6, 6.07) is 2.32. The van der Waals surface area contributed by atoms with Gasteiger partial charge in [-0.15, -0.1) is 0 Å². The molecule has 140 valence electrons. The number of H-pyrrole nitrogens is 1. The smallest absolute Gasteiger partial charge is 0.251 e. The van der Waals surface area contributed by atoms with Crippen LogP contribution in [-0.2, 0) is 0 Å². The van der Waals surface area contributed by atoms with Gasteiger partial charge in [0, 0.05) is 46.7 Å². The normalized spacial score (nSPS) is 15.2. The summed E-state index contributed by atoms with van der Waals surface area (Å²) >= 11 is 0. The Balaban J connectivity index is 1.89. The third-order valence-electron chi connectivity index (χ3n) is 5.51. The summed E-state index contributed by atoms with van der Waals surface area (Å²) < 4.78 is 0. The zero-order chi connectivity index (χ0) is 19.0. The van der Waals surface area contributed by atoms with Gasteiger partial charge in [0.2, 0.25) is 0 Å². The van der Waals surface area contributed by atoms with Gasteiger partial charge < -0.3 is 15.6 Å². The van der Waals surface area contributed by atoms with Crippen molar-refractivity contribution in [2.75, 3.05) is 18.4 Å². The molecule has 0 radical (unpaired) electrons. The number of fused-ring (bicyclic) bond motifs is 1. The van der Waals surface area contributed by atoms with Crippen LogP contribution in [0.15, 0.2) is 29.5 Å². The van der Waals surface area contributed by atoms with Crippen LogP contribution in [0.2, 0.25) is 0 Å². The number of nitrogens with zero attached hydrogens (tertiary/aromatic N) is 2. The van der Waals surface area contributed by atoms with E-state index in [9.17, 15) is 4.79 Å². The minimum Gasteiger partial charge on any atom is -0.366 e. The predicted molar refractivity (Wildman–Crippen MR) is 109 cm³/mol. The quantitative estimate of drug-likeness (QED) is 0.666. The topological polar surface area (TPSA) is 82.7 Å². The number of piperidine rings is 1. The Morgan fingerprint density at radius 2 is 1.81 bits per heavy atom. The van der Waals surface area contributed by atoms with Crippen molar-refractivity contribution in [2.45, 2.75) is 39.7 Å². The van der Waals surface area contributed by atoms with Gasteiger partial charge in [0.25, 0.3) is 5.56 Å². The molecule has 0 bridgehead atoms. The van der Waals surface area contributed by atoms with E-state index >= 15 is 0 Å². The summed E-state index contributed by atoms with van der Waals surface area (Å²) in [7, 11) is 0. The number of aryl methyl sites for hydroxylation is 2. The zero-order valence-electron chi connectivity index (χ0n) is 16.0. The maximum absolute atomic E-state index is 12.3. The molecular formula is C21H25N5O. The third kappa shape index (κ3) is 3.32. The van der Waals surface area contributed by atoms with Gasteiger partial charge >= 0.3 is 0 Å². The Bertz CT molecular complexity index is 1050. The van der Waals surface area contributed by atoms with Crippen molar-refractivity contribution in [3.05, 3.63) is 51.7 Å². The lowest BCUT2D eigenvalue weighted by Crippen LogP contribution is -2.35. The standard InChI is InChI=1S/C21H25N5O/c1-12-8-16-18(17-10-23-9-13(2)14(17)3)11-24-20(19(16)26-21(12)27)25-15-4-6-22-7-5-15/h8-11,15,22H,4-7H2,1-3H3,(H,24,25)(H,26,27). The number of hydrogen-bond donors (Lipinski definition) is 3. The molecule has 4 rings (SSSR count). The number of aromatic amines is 1. The van der Waals surface area contributed by atoms with Crippen LogP contribution in [0.3, 0.4) is 0 Å². The number of pyridine rings is 3. The molecule has 1 aliphatic rings. The number of hydrogen-bond acceptors (Lipinski definition) is 5. The van der Waals surface area contributed by atoms with Crippen LogP contribution in [0, 0.1) is 20.8 Å². The van der Waals surface area contributed by atoms with E-state index in [1.165, 1.54) is 5.56 Å². The molecule has 0 atom stereocenters. The average Bonchev–Trinajstić information content (AvgIpc) is 2.67. The lowest BCUT2D eigenvalue weighted by atomic mass is 9.97. The van der Waals surface area contributed by atoms with Gasteiger partial charge in [-0.3, -0.25) is 9.78 Å². The highest BCUT2D eigenvalue weighted by atomic mass is 16.1. The number of anilines is 1. The predicted octanol–water partition coefficient (Wildman–Crippen LogP) is 3.07. The first-order valence-electron chi connectivity index (χ1n) is 9.46. The fourth-order valence-corrected chi connectivity index (χ4v) is 3.68. The number of nitrogens with one attached hydrogen (secondary N) is 3. The summed E-state index contributed by atoms with van der Waals surface area (Å²) in [4.78, 5) is 24.4. The van der Waals surface area contributed by atoms with Crippen molar-refractivity contribution in [1.82, 2.24) is 20.3 Å². The van der Waals surface area contributed by atoms with Crippen LogP contribution in [0.25, 0.3) is 22.0 Å². The van der Waals surface area contributed by atoms with Gasteiger partial charge in [-0.25, -0.2) is 4.98 Å². The van der Waals surface area contributed by atoms with Gasteiger partial charge in [-0.1, -0.05) is 0 Å². The van der Waals surface area contributed by atoms with Crippen molar-refractivity contribution in [1.29, 1.82) is 0 Å². The molecule has 0 aliphatic carbocycles. The van der Waals surface area contributed by atoms with Crippen LogP contribution in [-0.4, -0.2) is 34.1 Å². The van der Waals surface area contributed by atoms with E-state index in [0.29, 0.717) is 11.6 Å². The fourth-order valence-electron chi connectivity index (χ4n) is 3.68. The molecule has 1 saturated heterocycles. The van der Waals surface area contributed by atoms with E-state index in [0.717, 1.165) is 59.3 Å². The second-order valence-electron chi connectivity index (χ2n) is 7.39. The van der Waals surface area contributed by atoms with E-state index in [-0.39, 0.29) is 5.56 Å². The molecule has 0 amide bonds. The van der Waals surface area contributed by atoms with E-state index in [2.05, 4.69) is 39.4 Å². The Morgan fingerprint density at radius 3 is 2.59 bits per heavy atom. The van der Waals surface area contributed by atoms with Crippen LogP contribution >= 0.6 is 0 Å². The van der Waals surface area contributed by atoms with E-state index in [4.69, 9.17) is 0 Å². The third-order valence-corrected chi connectivity index (χ3v) is 5.51. The monoisotopic (exact) mass is 363 g/mol. The Kier molecular flexibility index (Phi) is 4.66. The molecule has 6 heteroatoms. The zero-order valence-corrected chi connectivity index (χ0v) is 16.0. The second kappa shape index (κ2) is 7.12. The highest BCUT2D eigenvalue weighted by molar-refractivity contribution is 6.00. The van der Waals surface area contributed by atoms with Crippen molar-refractivity contribution in [2.24, 2.45) is 0 Å². The molecule has 0 aromatic carbocycles. The van der Waals surface area contributed by atoms with Gasteiger partial charge in [0.05, 0.1) is 5.52 Å². The molecule has 6 nitrogen and oxygen atoms in total. The molecule has 0 spiro atoms. The molecular weight excluding hydrogens is 338 g/mol. The molecule has 4 heterocycles. The highest BCUT2D eigenvalue weighted by Gasteiger charge is 2.18. The average molecular weight is 363 g/mol. The highest BCUT2D eigenvalue weighted by Crippen LogP contribution is 2.33. The van der Waals surface area contributed by atoms with E-state index in [1.54, 1.807) is 0 Å². The first kappa shape index (κ1) is 17.7. The minimum absolute atomic E-state index is 0.0751. The van der Waals surface area contributed by atoms with Gasteiger partial charge in [0.1, 0.15) is 0 Å². The molecule has 3 aromatic heterocycles. The Morgan fingerprint density at radius 1 is 1.04 bits per heavy atom.